The summed E-state index contributed by atoms with van der Waals surface area (Å²) in [6.07, 6.45) is 2.76. The molecule has 0 radical (unpaired) electrons. The highest BCUT2D eigenvalue weighted by atomic mass is 16.5. The van der Waals surface area contributed by atoms with Gasteiger partial charge >= 0.3 is 0 Å². The van der Waals surface area contributed by atoms with Crippen LogP contribution in [0.1, 0.15) is 11.5 Å². The minimum absolute atomic E-state index is 0.704. The Morgan fingerprint density at radius 3 is 3.00 bits per heavy atom. The molecule has 0 amide bonds. The molecule has 0 aliphatic carbocycles. The van der Waals surface area contributed by atoms with E-state index >= 15 is 0 Å². The molecular formula is C16H19N3O2. The normalized spacial score (nSPS) is 11.1. The third-order valence-corrected chi connectivity index (χ3v) is 3.56. The van der Waals surface area contributed by atoms with Crippen LogP contribution in [0.5, 0.6) is 5.75 Å². The predicted octanol–water partition coefficient (Wildman–Crippen LogP) is 2.51. The summed E-state index contributed by atoms with van der Waals surface area (Å²) in [6, 6.07) is 9.99. The zero-order valence-electron chi connectivity index (χ0n) is 12.3. The smallest absolute Gasteiger partial charge is 0.176 e. The Bertz CT molecular complexity index is 730. The number of hydrogen-bond acceptors (Lipinski definition) is 4. The Hall–Kier alpha value is -2.27. The molecule has 5 nitrogen and oxygen atoms in total. The molecule has 0 aliphatic heterocycles. The number of para-hydroxylation sites is 1. The van der Waals surface area contributed by atoms with E-state index in [-0.39, 0.29) is 0 Å². The minimum Gasteiger partial charge on any atom is -0.493 e. The number of nitrogens with one attached hydrogen (secondary N) is 1. The first kappa shape index (κ1) is 13.7. The molecule has 2 heterocycles. The van der Waals surface area contributed by atoms with Crippen molar-refractivity contribution in [1.29, 1.82) is 0 Å². The van der Waals surface area contributed by atoms with E-state index < -0.39 is 0 Å². The maximum Gasteiger partial charge on any atom is 0.176 e. The average Bonchev–Trinajstić information content (AvgIpc) is 3.09. The van der Waals surface area contributed by atoms with Crippen molar-refractivity contribution in [3.63, 3.8) is 0 Å². The van der Waals surface area contributed by atoms with E-state index in [2.05, 4.69) is 16.5 Å². The molecule has 3 rings (SSSR count). The maximum atomic E-state index is 5.85. The summed E-state index contributed by atoms with van der Waals surface area (Å²) in [4.78, 5) is 0. The lowest BCUT2D eigenvalue weighted by Gasteiger charge is -2.03. The van der Waals surface area contributed by atoms with Gasteiger partial charge in [0, 0.05) is 37.3 Å². The van der Waals surface area contributed by atoms with Gasteiger partial charge in [0.1, 0.15) is 5.76 Å². The van der Waals surface area contributed by atoms with Crippen molar-refractivity contribution in [2.24, 2.45) is 7.05 Å². The number of nitrogens with zero attached hydrogens (tertiary/aromatic N) is 2. The zero-order chi connectivity index (χ0) is 14.7. The van der Waals surface area contributed by atoms with Crippen LogP contribution in [0.4, 0.5) is 0 Å². The number of aryl methyl sites for hydroxylation is 1. The number of furan rings is 1. The molecule has 0 bridgehead atoms. The molecule has 0 saturated heterocycles. The number of ether oxygens (including phenoxy) is 1. The van der Waals surface area contributed by atoms with Crippen LogP contribution in [0.3, 0.4) is 0 Å². The van der Waals surface area contributed by atoms with Gasteiger partial charge < -0.3 is 14.5 Å². The van der Waals surface area contributed by atoms with E-state index in [1.165, 1.54) is 5.69 Å². The summed E-state index contributed by atoms with van der Waals surface area (Å²) < 4.78 is 13.0. The van der Waals surface area contributed by atoms with Gasteiger partial charge in [-0.05, 0) is 18.2 Å². The molecule has 0 atom stereocenters. The van der Waals surface area contributed by atoms with Crippen LogP contribution < -0.4 is 10.1 Å². The molecule has 2 aromatic heterocycles. The molecule has 0 fully saturated rings. The summed E-state index contributed by atoms with van der Waals surface area (Å²) in [5, 5.41) is 8.62. The Kier molecular flexibility index (Phi) is 3.92. The van der Waals surface area contributed by atoms with Crippen molar-refractivity contribution in [2.45, 2.75) is 13.0 Å². The number of aromatic nitrogens is 2. The second-order valence-corrected chi connectivity index (χ2v) is 4.96. The molecule has 1 N–H and O–H groups in total. The van der Waals surface area contributed by atoms with E-state index in [0.717, 1.165) is 35.4 Å². The quantitative estimate of drug-likeness (QED) is 0.707. The predicted molar refractivity (Wildman–Crippen MR) is 81.4 cm³/mol. The molecule has 0 spiro atoms. The van der Waals surface area contributed by atoms with E-state index in [9.17, 15) is 0 Å². The van der Waals surface area contributed by atoms with Crippen molar-refractivity contribution in [1.82, 2.24) is 15.1 Å². The highest BCUT2D eigenvalue weighted by Crippen LogP contribution is 2.28. The molecule has 3 aromatic rings. The third-order valence-electron chi connectivity index (χ3n) is 3.56. The lowest BCUT2D eigenvalue weighted by Crippen LogP contribution is -2.17. The Morgan fingerprint density at radius 1 is 1.33 bits per heavy atom. The highest BCUT2D eigenvalue weighted by molar-refractivity contribution is 5.83. The van der Waals surface area contributed by atoms with E-state index in [0.29, 0.717) is 6.54 Å². The van der Waals surface area contributed by atoms with Crippen LogP contribution in [0.15, 0.2) is 40.9 Å². The van der Waals surface area contributed by atoms with Crippen LogP contribution in [0.2, 0.25) is 0 Å². The van der Waals surface area contributed by atoms with Gasteiger partial charge in [-0.15, -0.1) is 0 Å². The van der Waals surface area contributed by atoms with Crippen molar-refractivity contribution < 1.29 is 9.15 Å². The van der Waals surface area contributed by atoms with Crippen molar-refractivity contribution >= 4 is 11.0 Å². The second kappa shape index (κ2) is 6.01. The van der Waals surface area contributed by atoms with Crippen LogP contribution in [0.25, 0.3) is 11.0 Å². The van der Waals surface area contributed by atoms with E-state index in [1.807, 2.05) is 42.2 Å². The molecule has 5 heteroatoms. The van der Waals surface area contributed by atoms with Gasteiger partial charge in [-0.2, -0.15) is 5.10 Å². The number of fused-ring (bicyclic) bond motifs is 1. The fraction of sp³-hybridized carbons (Fsp3) is 0.312. The van der Waals surface area contributed by atoms with Crippen molar-refractivity contribution in [3.8, 4) is 5.75 Å². The maximum absolute atomic E-state index is 5.85. The zero-order valence-corrected chi connectivity index (χ0v) is 12.3. The number of methoxy groups -OCH3 is 1. The number of rotatable bonds is 6. The van der Waals surface area contributed by atoms with Crippen LogP contribution in [0, 0.1) is 0 Å². The first-order valence-electron chi connectivity index (χ1n) is 7.01. The monoisotopic (exact) mass is 285 g/mol. The molecule has 21 heavy (non-hydrogen) atoms. The molecule has 0 aliphatic rings. The van der Waals surface area contributed by atoms with Gasteiger partial charge in [0.25, 0.3) is 0 Å². The van der Waals surface area contributed by atoms with E-state index in [4.69, 9.17) is 9.15 Å². The molecule has 0 saturated carbocycles. The summed E-state index contributed by atoms with van der Waals surface area (Å²) in [5.41, 5.74) is 2.03. The third kappa shape index (κ3) is 2.92. The van der Waals surface area contributed by atoms with Crippen LogP contribution in [-0.2, 0) is 20.0 Å². The van der Waals surface area contributed by atoms with Crippen LogP contribution in [-0.4, -0.2) is 23.4 Å². The summed E-state index contributed by atoms with van der Waals surface area (Å²) in [6.45, 7) is 1.59. The Labute approximate surface area is 123 Å². The fourth-order valence-corrected chi connectivity index (χ4v) is 2.41. The second-order valence-electron chi connectivity index (χ2n) is 4.96. The molecule has 0 unspecified atom stereocenters. The van der Waals surface area contributed by atoms with Crippen molar-refractivity contribution in [2.75, 3.05) is 13.7 Å². The van der Waals surface area contributed by atoms with Crippen LogP contribution >= 0.6 is 0 Å². The minimum atomic E-state index is 0.704. The van der Waals surface area contributed by atoms with Gasteiger partial charge in [0.2, 0.25) is 0 Å². The first-order valence-corrected chi connectivity index (χ1v) is 7.01. The fourth-order valence-electron chi connectivity index (χ4n) is 2.41. The van der Waals surface area contributed by atoms with Gasteiger partial charge in [-0.3, -0.25) is 4.68 Å². The lowest BCUT2D eigenvalue weighted by molar-refractivity contribution is 0.406. The highest BCUT2D eigenvalue weighted by Gasteiger charge is 2.08. The number of hydrogen-bond donors (Lipinski definition) is 1. The Balaban J connectivity index is 1.59. The summed E-state index contributed by atoms with van der Waals surface area (Å²) in [7, 11) is 3.62. The van der Waals surface area contributed by atoms with Crippen molar-refractivity contribution in [3.05, 3.63) is 48.0 Å². The average molecular weight is 285 g/mol. The SMILES string of the molecule is COc1cccc2cc(CNCCc3ccnn3C)oc12. The lowest BCUT2D eigenvalue weighted by atomic mass is 10.2. The van der Waals surface area contributed by atoms with Gasteiger partial charge in [0.15, 0.2) is 11.3 Å². The Morgan fingerprint density at radius 2 is 2.24 bits per heavy atom. The number of benzene rings is 1. The summed E-state index contributed by atoms with van der Waals surface area (Å²) >= 11 is 0. The standard InChI is InChI=1S/C16H19N3O2/c1-19-13(7-9-18-19)6-8-17-11-14-10-12-4-3-5-15(20-2)16(12)21-14/h3-5,7,9-10,17H,6,8,11H2,1-2H3. The van der Waals surface area contributed by atoms with Gasteiger partial charge in [-0.1, -0.05) is 12.1 Å². The topological polar surface area (TPSA) is 52.2 Å². The molecule has 110 valence electrons. The van der Waals surface area contributed by atoms with E-state index in [1.54, 1.807) is 7.11 Å². The van der Waals surface area contributed by atoms with Gasteiger partial charge in [0.05, 0.1) is 13.7 Å². The summed E-state index contributed by atoms with van der Waals surface area (Å²) in [5.74, 6) is 1.69. The van der Waals surface area contributed by atoms with Gasteiger partial charge in [-0.25, -0.2) is 0 Å². The first-order chi connectivity index (χ1) is 10.3. The largest absolute Gasteiger partial charge is 0.493 e. The molecule has 1 aromatic carbocycles. The molecular weight excluding hydrogens is 266 g/mol.